The Kier molecular flexibility index (Phi) is 6.07. The number of methoxy groups -OCH3 is 1. The summed E-state index contributed by atoms with van der Waals surface area (Å²) in [5.41, 5.74) is 0.588. The lowest BCUT2D eigenvalue weighted by Crippen LogP contribution is -2.30. The van der Waals surface area contributed by atoms with E-state index in [2.05, 4.69) is 11.9 Å². The summed E-state index contributed by atoms with van der Waals surface area (Å²) in [7, 11) is -0.0676. The van der Waals surface area contributed by atoms with Crippen LogP contribution in [-0.2, 0) is 9.53 Å². The molecule has 102 valence electrons. The molecule has 0 heterocycles. The third-order valence-electron chi connectivity index (χ3n) is 2.29. The summed E-state index contributed by atoms with van der Waals surface area (Å²) in [4.78, 5) is 11.3. The number of anilines is 1. The Balaban J connectivity index is 2.93. The molecule has 1 aromatic rings. The lowest BCUT2D eigenvalue weighted by Gasteiger charge is -2.13. The van der Waals surface area contributed by atoms with Crippen molar-refractivity contribution in [1.29, 1.82) is 0 Å². The molecule has 0 unspecified atom stereocenters. The number of nitrogens with one attached hydrogen (secondary N) is 1. The molecule has 0 aliphatic heterocycles. The SMILES string of the molecule is C=CC(=O)Nc1cc(B(O)O)ccc1OCCOC. The predicted molar refractivity (Wildman–Crippen MR) is 72.5 cm³/mol. The van der Waals surface area contributed by atoms with Gasteiger partial charge in [-0.05, 0) is 23.7 Å². The van der Waals surface area contributed by atoms with Crippen molar-refractivity contribution in [2.24, 2.45) is 0 Å². The Bertz CT molecular complexity index is 450. The van der Waals surface area contributed by atoms with Gasteiger partial charge < -0.3 is 24.8 Å². The molecule has 19 heavy (non-hydrogen) atoms. The highest BCUT2D eigenvalue weighted by Crippen LogP contribution is 2.23. The molecule has 0 saturated heterocycles. The highest BCUT2D eigenvalue weighted by molar-refractivity contribution is 6.58. The first-order valence-electron chi connectivity index (χ1n) is 5.63. The molecular formula is C12H16BNO5. The van der Waals surface area contributed by atoms with Gasteiger partial charge in [-0.25, -0.2) is 0 Å². The van der Waals surface area contributed by atoms with Crippen LogP contribution in [0.1, 0.15) is 0 Å². The average molecular weight is 265 g/mol. The van der Waals surface area contributed by atoms with E-state index in [1.165, 1.54) is 12.1 Å². The van der Waals surface area contributed by atoms with Gasteiger partial charge in [0.1, 0.15) is 12.4 Å². The molecule has 0 saturated carbocycles. The first-order valence-corrected chi connectivity index (χ1v) is 5.63. The Labute approximate surface area is 111 Å². The topological polar surface area (TPSA) is 88.0 Å². The summed E-state index contributed by atoms with van der Waals surface area (Å²) in [6.07, 6.45) is 1.11. The van der Waals surface area contributed by atoms with Crippen LogP contribution >= 0.6 is 0 Å². The van der Waals surface area contributed by atoms with Crippen molar-refractivity contribution in [3.05, 3.63) is 30.9 Å². The Morgan fingerprint density at radius 2 is 2.21 bits per heavy atom. The van der Waals surface area contributed by atoms with Crippen LogP contribution in [0, 0.1) is 0 Å². The molecule has 3 N–H and O–H groups in total. The Morgan fingerprint density at radius 3 is 2.79 bits per heavy atom. The molecule has 0 atom stereocenters. The number of benzene rings is 1. The van der Waals surface area contributed by atoms with Gasteiger partial charge in [-0.1, -0.05) is 12.6 Å². The lowest BCUT2D eigenvalue weighted by atomic mass is 9.80. The maximum Gasteiger partial charge on any atom is 0.488 e. The smallest absolute Gasteiger partial charge is 0.488 e. The van der Waals surface area contributed by atoms with E-state index in [9.17, 15) is 4.79 Å². The molecule has 0 aliphatic carbocycles. The second kappa shape index (κ2) is 7.57. The van der Waals surface area contributed by atoms with Crippen LogP contribution in [0.25, 0.3) is 0 Å². The molecule has 0 aromatic heterocycles. The van der Waals surface area contributed by atoms with E-state index in [-0.39, 0.29) is 5.46 Å². The van der Waals surface area contributed by atoms with Gasteiger partial charge in [-0.15, -0.1) is 0 Å². The average Bonchev–Trinajstić information content (AvgIpc) is 2.40. The first kappa shape index (κ1) is 15.2. The highest BCUT2D eigenvalue weighted by Gasteiger charge is 2.15. The number of carbonyl (C=O) groups is 1. The van der Waals surface area contributed by atoms with Crippen LogP contribution in [0.3, 0.4) is 0 Å². The van der Waals surface area contributed by atoms with Crippen LogP contribution in [0.2, 0.25) is 0 Å². The fourth-order valence-electron chi connectivity index (χ4n) is 1.35. The fourth-order valence-corrected chi connectivity index (χ4v) is 1.35. The zero-order valence-corrected chi connectivity index (χ0v) is 10.6. The molecule has 0 fully saturated rings. The summed E-state index contributed by atoms with van der Waals surface area (Å²) < 4.78 is 10.3. The largest absolute Gasteiger partial charge is 0.489 e. The van der Waals surface area contributed by atoms with Crippen LogP contribution in [0.4, 0.5) is 5.69 Å². The fraction of sp³-hybridized carbons (Fsp3) is 0.250. The highest BCUT2D eigenvalue weighted by atomic mass is 16.5. The number of carbonyl (C=O) groups excluding carboxylic acids is 1. The molecular weight excluding hydrogens is 249 g/mol. The van der Waals surface area contributed by atoms with Crippen molar-refractivity contribution in [1.82, 2.24) is 0 Å². The van der Waals surface area contributed by atoms with Gasteiger partial charge in [0.25, 0.3) is 0 Å². The van der Waals surface area contributed by atoms with E-state index < -0.39 is 13.0 Å². The van der Waals surface area contributed by atoms with Gasteiger partial charge >= 0.3 is 7.12 Å². The van der Waals surface area contributed by atoms with E-state index >= 15 is 0 Å². The summed E-state index contributed by atoms with van der Waals surface area (Å²) in [5.74, 6) is -0.00202. The van der Waals surface area contributed by atoms with E-state index in [0.717, 1.165) is 6.08 Å². The molecule has 1 amide bonds. The van der Waals surface area contributed by atoms with Crippen LogP contribution in [-0.4, -0.2) is 43.4 Å². The Hall–Kier alpha value is -1.83. The number of hydrogen-bond donors (Lipinski definition) is 3. The molecule has 7 heteroatoms. The summed E-state index contributed by atoms with van der Waals surface area (Å²) in [6.45, 7) is 4.06. The van der Waals surface area contributed by atoms with E-state index in [1.54, 1.807) is 13.2 Å². The van der Waals surface area contributed by atoms with E-state index in [1.807, 2.05) is 0 Å². The van der Waals surface area contributed by atoms with Crippen molar-refractivity contribution < 1.29 is 24.3 Å². The van der Waals surface area contributed by atoms with Crippen molar-refractivity contribution in [3.63, 3.8) is 0 Å². The van der Waals surface area contributed by atoms with Crippen LogP contribution in [0.5, 0.6) is 5.75 Å². The maximum absolute atomic E-state index is 11.3. The second-order valence-electron chi connectivity index (χ2n) is 3.66. The zero-order valence-electron chi connectivity index (χ0n) is 10.6. The number of amides is 1. The zero-order chi connectivity index (χ0) is 14.3. The first-order chi connectivity index (χ1) is 9.08. The molecule has 0 spiro atoms. The lowest BCUT2D eigenvalue weighted by molar-refractivity contribution is -0.111. The molecule has 6 nitrogen and oxygen atoms in total. The van der Waals surface area contributed by atoms with E-state index in [4.69, 9.17) is 19.5 Å². The molecule has 0 aliphatic rings. The van der Waals surface area contributed by atoms with Gasteiger partial charge in [0.15, 0.2) is 0 Å². The van der Waals surface area contributed by atoms with Crippen LogP contribution < -0.4 is 15.5 Å². The summed E-state index contributed by atoms with van der Waals surface area (Å²) in [5, 5.41) is 20.8. The quantitative estimate of drug-likeness (QED) is 0.352. The third kappa shape index (κ3) is 4.74. The maximum atomic E-state index is 11.3. The standard InChI is InChI=1S/C12H16BNO5/c1-3-12(15)14-10-8-9(13(16)17)4-5-11(10)19-7-6-18-2/h3-5,8,16-17H,1,6-7H2,2H3,(H,14,15). The Morgan fingerprint density at radius 1 is 1.47 bits per heavy atom. The number of ether oxygens (including phenoxy) is 2. The van der Waals surface area contributed by atoms with E-state index in [0.29, 0.717) is 24.7 Å². The molecule has 0 radical (unpaired) electrons. The molecule has 0 bridgehead atoms. The number of rotatable bonds is 7. The predicted octanol–water partition coefficient (Wildman–Crippen LogP) is -0.484. The van der Waals surface area contributed by atoms with Gasteiger partial charge in [0, 0.05) is 7.11 Å². The van der Waals surface area contributed by atoms with Crippen molar-refractivity contribution >= 4 is 24.2 Å². The molecule has 1 aromatic carbocycles. The van der Waals surface area contributed by atoms with Crippen LogP contribution in [0.15, 0.2) is 30.9 Å². The van der Waals surface area contributed by atoms with Gasteiger partial charge in [-0.2, -0.15) is 0 Å². The van der Waals surface area contributed by atoms with Gasteiger partial charge in [0.05, 0.1) is 12.3 Å². The molecule has 1 rings (SSSR count). The monoisotopic (exact) mass is 265 g/mol. The summed E-state index contributed by atoms with van der Waals surface area (Å²) in [6, 6.07) is 4.47. The van der Waals surface area contributed by atoms with Crippen molar-refractivity contribution in [3.8, 4) is 5.75 Å². The minimum absolute atomic E-state index is 0.249. The minimum Gasteiger partial charge on any atom is -0.489 e. The number of hydrogen-bond acceptors (Lipinski definition) is 5. The van der Waals surface area contributed by atoms with Gasteiger partial charge in [-0.3, -0.25) is 4.79 Å². The normalized spacial score (nSPS) is 9.84. The van der Waals surface area contributed by atoms with Crippen molar-refractivity contribution in [2.75, 3.05) is 25.6 Å². The third-order valence-corrected chi connectivity index (χ3v) is 2.29. The summed E-state index contributed by atoms with van der Waals surface area (Å²) >= 11 is 0. The van der Waals surface area contributed by atoms with Crippen molar-refractivity contribution in [2.45, 2.75) is 0 Å². The second-order valence-corrected chi connectivity index (χ2v) is 3.66. The minimum atomic E-state index is -1.62. The van der Waals surface area contributed by atoms with Gasteiger partial charge in [0.2, 0.25) is 5.91 Å².